The molecule has 0 radical (unpaired) electrons. The zero-order chi connectivity index (χ0) is 14.4. The van der Waals surface area contributed by atoms with E-state index in [0.29, 0.717) is 18.9 Å². The van der Waals surface area contributed by atoms with Gasteiger partial charge in [-0.1, -0.05) is 49.4 Å². The Labute approximate surface area is 120 Å². The molecule has 0 spiro atoms. The summed E-state index contributed by atoms with van der Waals surface area (Å²) >= 11 is 0. The number of allylic oxidation sites excluding steroid dienone is 1. The van der Waals surface area contributed by atoms with Gasteiger partial charge < -0.3 is 10.0 Å². The van der Waals surface area contributed by atoms with Crippen LogP contribution in [0.5, 0.6) is 0 Å². The molecule has 0 saturated carbocycles. The van der Waals surface area contributed by atoms with Crippen LogP contribution < -0.4 is 0 Å². The molecule has 1 fully saturated rings. The van der Waals surface area contributed by atoms with Crippen molar-refractivity contribution < 1.29 is 9.90 Å². The van der Waals surface area contributed by atoms with Gasteiger partial charge in [0.05, 0.1) is 6.10 Å². The third-order valence-electron chi connectivity index (χ3n) is 3.91. The largest absolute Gasteiger partial charge is 0.391 e. The molecule has 1 N–H and O–H groups in total. The maximum Gasteiger partial charge on any atom is 0.222 e. The molecule has 1 aromatic carbocycles. The number of benzene rings is 1. The van der Waals surface area contributed by atoms with Crippen molar-refractivity contribution in [3.8, 4) is 0 Å². The fourth-order valence-electron chi connectivity index (χ4n) is 2.42. The highest BCUT2D eigenvalue weighted by Gasteiger charge is 2.26. The number of nitrogens with zero attached hydrogens (tertiary/aromatic N) is 1. The number of likely N-dealkylation sites (tertiary alicyclic amines) is 1. The van der Waals surface area contributed by atoms with E-state index in [1.54, 1.807) is 4.90 Å². The maximum atomic E-state index is 12.0. The molecule has 108 valence electrons. The number of aliphatic hydroxyl groups is 1. The SMILES string of the molecule is CC1CCN(C(=O)CC/C=C/c2ccccc2)CC1O. The molecule has 0 aromatic heterocycles. The van der Waals surface area contributed by atoms with Gasteiger partial charge in [-0.3, -0.25) is 4.79 Å². The minimum atomic E-state index is -0.368. The van der Waals surface area contributed by atoms with Gasteiger partial charge in [-0.2, -0.15) is 0 Å². The van der Waals surface area contributed by atoms with E-state index in [-0.39, 0.29) is 12.0 Å². The van der Waals surface area contributed by atoms with Crippen LogP contribution in [0.25, 0.3) is 6.08 Å². The summed E-state index contributed by atoms with van der Waals surface area (Å²) in [5.41, 5.74) is 1.15. The lowest BCUT2D eigenvalue weighted by atomic mass is 9.96. The molecule has 0 aliphatic carbocycles. The third kappa shape index (κ3) is 4.20. The van der Waals surface area contributed by atoms with Gasteiger partial charge in [0.15, 0.2) is 0 Å². The van der Waals surface area contributed by atoms with Gasteiger partial charge in [0.25, 0.3) is 0 Å². The van der Waals surface area contributed by atoms with Crippen LogP contribution in [-0.4, -0.2) is 35.1 Å². The van der Waals surface area contributed by atoms with Crippen molar-refractivity contribution in [2.45, 2.75) is 32.3 Å². The molecule has 2 rings (SSSR count). The molecule has 1 aromatic rings. The second kappa shape index (κ2) is 7.25. The first-order valence-electron chi connectivity index (χ1n) is 7.34. The number of hydrogen-bond acceptors (Lipinski definition) is 2. The molecule has 3 heteroatoms. The average molecular weight is 273 g/mol. The van der Waals surface area contributed by atoms with Crippen LogP contribution in [-0.2, 0) is 4.79 Å². The molecule has 1 saturated heterocycles. The standard InChI is InChI=1S/C17H23NO2/c1-14-11-12-18(13-16(14)19)17(20)10-6-5-9-15-7-3-2-4-8-15/h2-5,7-9,14,16,19H,6,10-13H2,1H3/b9-5+. The van der Waals surface area contributed by atoms with Crippen LogP contribution in [0.2, 0.25) is 0 Å². The summed E-state index contributed by atoms with van der Waals surface area (Å²) < 4.78 is 0. The van der Waals surface area contributed by atoms with E-state index in [0.717, 1.165) is 24.9 Å². The smallest absolute Gasteiger partial charge is 0.222 e. The van der Waals surface area contributed by atoms with Gasteiger partial charge in [-0.25, -0.2) is 0 Å². The van der Waals surface area contributed by atoms with Crippen LogP contribution in [0.15, 0.2) is 36.4 Å². The average Bonchev–Trinajstić information content (AvgIpc) is 2.47. The summed E-state index contributed by atoms with van der Waals surface area (Å²) in [7, 11) is 0. The predicted octanol–water partition coefficient (Wildman–Crippen LogP) is 2.71. The molecule has 3 nitrogen and oxygen atoms in total. The lowest BCUT2D eigenvalue weighted by Crippen LogP contribution is -2.45. The quantitative estimate of drug-likeness (QED) is 0.916. The molecule has 20 heavy (non-hydrogen) atoms. The van der Waals surface area contributed by atoms with E-state index in [1.807, 2.05) is 49.4 Å². The maximum absolute atomic E-state index is 12.0. The van der Waals surface area contributed by atoms with Crippen molar-refractivity contribution in [3.05, 3.63) is 42.0 Å². The highest BCUT2D eigenvalue weighted by Crippen LogP contribution is 2.18. The van der Waals surface area contributed by atoms with Crippen molar-refractivity contribution >= 4 is 12.0 Å². The van der Waals surface area contributed by atoms with Gasteiger partial charge >= 0.3 is 0 Å². The number of carbonyl (C=O) groups excluding carboxylic acids is 1. The number of piperidine rings is 1. The zero-order valence-corrected chi connectivity index (χ0v) is 12.0. The Bertz CT molecular complexity index is 455. The number of carbonyl (C=O) groups is 1. The normalized spacial score (nSPS) is 23.2. The van der Waals surface area contributed by atoms with Gasteiger partial charge in [-0.15, -0.1) is 0 Å². The number of rotatable bonds is 4. The topological polar surface area (TPSA) is 40.5 Å². The second-order valence-electron chi connectivity index (χ2n) is 5.52. The van der Waals surface area contributed by atoms with Crippen LogP contribution in [0.4, 0.5) is 0 Å². The fourth-order valence-corrected chi connectivity index (χ4v) is 2.42. The van der Waals surface area contributed by atoms with Crippen molar-refractivity contribution in [2.24, 2.45) is 5.92 Å². The molecule has 1 aliphatic heterocycles. The Morgan fingerprint density at radius 1 is 1.40 bits per heavy atom. The lowest BCUT2D eigenvalue weighted by Gasteiger charge is -2.34. The van der Waals surface area contributed by atoms with Crippen molar-refractivity contribution in [1.82, 2.24) is 4.90 Å². The van der Waals surface area contributed by atoms with Gasteiger partial charge in [-0.05, 0) is 24.3 Å². The summed E-state index contributed by atoms with van der Waals surface area (Å²) in [5, 5.41) is 9.81. The first-order chi connectivity index (χ1) is 9.66. The molecule has 2 unspecified atom stereocenters. The molecule has 0 bridgehead atoms. The lowest BCUT2D eigenvalue weighted by molar-refractivity contribution is -0.135. The van der Waals surface area contributed by atoms with E-state index < -0.39 is 0 Å². The Balaban J connectivity index is 1.74. The Hall–Kier alpha value is -1.61. The van der Waals surface area contributed by atoms with Crippen LogP contribution >= 0.6 is 0 Å². The molecule has 1 amide bonds. The molecule has 1 aliphatic rings. The van der Waals surface area contributed by atoms with Crippen molar-refractivity contribution in [2.75, 3.05) is 13.1 Å². The first-order valence-corrected chi connectivity index (χ1v) is 7.34. The minimum absolute atomic E-state index is 0.147. The summed E-state index contributed by atoms with van der Waals surface area (Å²) in [6, 6.07) is 10.1. The molecular weight excluding hydrogens is 250 g/mol. The van der Waals surface area contributed by atoms with Crippen LogP contribution in [0, 0.1) is 5.92 Å². The van der Waals surface area contributed by atoms with Crippen LogP contribution in [0.3, 0.4) is 0 Å². The van der Waals surface area contributed by atoms with E-state index in [1.165, 1.54) is 0 Å². The highest BCUT2D eigenvalue weighted by molar-refractivity contribution is 5.76. The number of amides is 1. The fraction of sp³-hybridized carbons (Fsp3) is 0.471. The van der Waals surface area contributed by atoms with Crippen molar-refractivity contribution in [3.63, 3.8) is 0 Å². The van der Waals surface area contributed by atoms with Crippen molar-refractivity contribution in [1.29, 1.82) is 0 Å². The Morgan fingerprint density at radius 2 is 2.15 bits per heavy atom. The third-order valence-corrected chi connectivity index (χ3v) is 3.91. The van der Waals surface area contributed by atoms with Gasteiger partial charge in [0.2, 0.25) is 5.91 Å². The second-order valence-corrected chi connectivity index (χ2v) is 5.52. The summed E-state index contributed by atoms with van der Waals surface area (Å²) in [6.45, 7) is 3.30. The number of aliphatic hydroxyl groups excluding tert-OH is 1. The van der Waals surface area contributed by atoms with Gasteiger partial charge in [0.1, 0.15) is 0 Å². The van der Waals surface area contributed by atoms with Gasteiger partial charge in [0, 0.05) is 19.5 Å². The number of hydrogen-bond donors (Lipinski definition) is 1. The summed E-state index contributed by atoms with van der Waals surface area (Å²) in [5.74, 6) is 0.450. The highest BCUT2D eigenvalue weighted by atomic mass is 16.3. The monoisotopic (exact) mass is 273 g/mol. The summed E-state index contributed by atoms with van der Waals surface area (Å²) in [4.78, 5) is 13.8. The Morgan fingerprint density at radius 3 is 2.85 bits per heavy atom. The van der Waals surface area contributed by atoms with E-state index in [2.05, 4.69) is 0 Å². The molecule has 1 heterocycles. The van der Waals surface area contributed by atoms with E-state index in [9.17, 15) is 9.90 Å². The number of β-amino-alcohol motifs (C(OH)–C–C–N with tert-alkyl or cyclic N) is 1. The van der Waals surface area contributed by atoms with E-state index in [4.69, 9.17) is 0 Å². The predicted molar refractivity (Wildman–Crippen MR) is 81.1 cm³/mol. The summed E-state index contributed by atoms with van der Waals surface area (Å²) in [6.07, 6.45) is 5.87. The molecular formula is C17H23NO2. The minimum Gasteiger partial charge on any atom is -0.391 e. The zero-order valence-electron chi connectivity index (χ0n) is 12.0. The van der Waals surface area contributed by atoms with Crippen LogP contribution in [0.1, 0.15) is 31.7 Å². The first kappa shape index (κ1) is 14.8. The molecule has 2 atom stereocenters. The van der Waals surface area contributed by atoms with E-state index >= 15 is 0 Å². The Kier molecular flexibility index (Phi) is 5.36.